The first-order valence-electron chi connectivity index (χ1n) is 4.22. The summed E-state index contributed by atoms with van der Waals surface area (Å²) in [5.41, 5.74) is 0. The Bertz CT molecular complexity index is 181. The first-order chi connectivity index (χ1) is 5.43. The molecule has 1 aromatic rings. The first kappa shape index (κ1) is 9.11. The second-order valence-electron chi connectivity index (χ2n) is 2.65. The molecule has 0 unspecified atom stereocenters. The van der Waals surface area contributed by atoms with Gasteiger partial charge in [0.25, 0.3) is 0 Å². The van der Waals surface area contributed by atoms with Gasteiger partial charge in [-0.15, -0.1) is 0 Å². The van der Waals surface area contributed by atoms with Crippen LogP contribution in [0.3, 0.4) is 0 Å². The molecule has 0 radical (unpaired) electrons. The molecule has 11 heavy (non-hydrogen) atoms. The Hall–Kier alpha value is 0.0187. The number of rotatable bonds is 4. The molecule has 0 saturated heterocycles. The van der Waals surface area contributed by atoms with Gasteiger partial charge in [0, 0.05) is 0 Å². The quantitative estimate of drug-likeness (QED) is 0.570. The zero-order chi connectivity index (χ0) is 7.94. The zero-order valence-corrected chi connectivity index (χ0v) is 9.86. The molecule has 0 aliphatic rings. The van der Waals surface area contributed by atoms with Gasteiger partial charge < -0.3 is 0 Å². The molecule has 0 aromatic heterocycles. The molecule has 0 aliphatic heterocycles. The van der Waals surface area contributed by atoms with Crippen LogP contribution in [0.15, 0.2) is 30.3 Å². The van der Waals surface area contributed by atoms with Crippen LogP contribution in [0, 0.1) is 0 Å². The van der Waals surface area contributed by atoms with Crippen molar-refractivity contribution in [1.82, 2.24) is 0 Å². The van der Waals surface area contributed by atoms with E-state index in [1.54, 1.807) is 3.58 Å². The summed E-state index contributed by atoms with van der Waals surface area (Å²) in [6.07, 6.45) is 2.79. The van der Waals surface area contributed by atoms with Crippen molar-refractivity contribution in [2.45, 2.75) is 24.2 Å². The van der Waals surface area contributed by atoms with Gasteiger partial charge in [-0.2, -0.15) is 0 Å². The average Bonchev–Trinajstić information content (AvgIpc) is 2.07. The Balaban J connectivity index is 2.28. The summed E-state index contributed by atoms with van der Waals surface area (Å²) < 4.78 is 3.15. The fourth-order valence-electron chi connectivity index (χ4n) is 0.966. The molecule has 1 rings (SSSR count). The monoisotopic (exact) mass is 254 g/mol. The zero-order valence-electron chi connectivity index (χ0n) is 7.01. The third-order valence-electron chi connectivity index (χ3n) is 1.63. The summed E-state index contributed by atoms with van der Waals surface area (Å²) >= 11 is -0.184. The van der Waals surface area contributed by atoms with Crippen LogP contribution in [0.1, 0.15) is 19.8 Å². The summed E-state index contributed by atoms with van der Waals surface area (Å²) in [6.45, 7) is 2.27. The minimum atomic E-state index is -0.184. The Morgan fingerprint density at radius 1 is 1.18 bits per heavy atom. The molecule has 0 aliphatic carbocycles. The van der Waals surface area contributed by atoms with E-state index in [9.17, 15) is 0 Å². The maximum absolute atomic E-state index is 2.28. The normalized spacial score (nSPS) is 9.18. The van der Waals surface area contributed by atoms with E-state index in [0.29, 0.717) is 0 Å². The van der Waals surface area contributed by atoms with Gasteiger partial charge in [-0.05, 0) is 0 Å². The Morgan fingerprint density at radius 3 is 2.55 bits per heavy atom. The number of benzene rings is 1. The molecule has 0 bridgehead atoms. The van der Waals surface area contributed by atoms with Crippen LogP contribution in [0.25, 0.3) is 0 Å². The van der Waals surface area contributed by atoms with Gasteiger partial charge in [-0.3, -0.25) is 0 Å². The van der Waals surface area contributed by atoms with Gasteiger partial charge in [-0.25, -0.2) is 0 Å². The van der Waals surface area contributed by atoms with E-state index >= 15 is 0 Å². The van der Waals surface area contributed by atoms with Crippen molar-refractivity contribution in [3.8, 4) is 0 Å². The minimum absolute atomic E-state index is 0.184. The van der Waals surface area contributed by atoms with Crippen LogP contribution in [-0.2, 0) is 0 Å². The van der Waals surface area contributed by atoms with Gasteiger partial charge in [0.2, 0.25) is 0 Å². The molecule has 1 aromatic carbocycles. The van der Waals surface area contributed by atoms with Crippen LogP contribution >= 0.6 is 0 Å². The van der Waals surface area contributed by atoms with Crippen LogP contribution in [-0.4, -0.2) is 21.1 Å². The predicted molar refractivity (Wildman–Crippen MR) is 51.5 cm³/mol. The van der Waals surface area contributed by atoms with Crippen molar-refractivity contribution in [2.24, 2.45) is 0 Å². The third kappa shape index (κ3) is 3.80. The van der Waals surface area contributed by atoms with Crippen molar-refractivity contribution >= 4 is 24.7 Å². The van der Waals surface area contributed by atoms with E-state index < -0.39 is 0 Å². The first-order valence-corrected chi connectivity index (χ1v) is 7.67. The van der Waals surface area contributed by atoms with Crippen molar-refractivity contribution in [2.75, 3.05) is 0 Å². The average molecular weight is 253 g/mol. The predicted octanol–water partition coefficient (Wildman–Crippen LogP) is 2.23. The molecule has 1 heteroatoms. The van der Waals surface area contributed by atoms with E-state index in [4.69, 9.17) is 0 Å². The van der Waals surface area contributed by atoms with Gasteiger partial charge in [0.05, 0.1) is 0 Å². The van der Waals surface area contributed by atoms with Gasteiger partial charge in [0.1, 0.15) is 0 Å². The van der Waals surface area contributed by atoms with E-state index in [1.807, 2.05) is 0 Å². The summed E-state index contributed by atoms with van der Waals surface area (Å²) in [5.74, 6) is 0. The van der Waals surface area contributed by atoms with Crippen LogP contribution in [0.5, 0.6) is 0 Å². The summed E-state index contributed by atoms with van der Waals surface area (Å²) in [4.78, 5) is 0. The summed E-state index contributed by atoms with van der Waals surface area (Å²) in [5, 5.41) is 0. The Kier molecular flexibility index (Phi) is 4.67. The number of hydrogen-bond donors (Lipinski definition) is 0. The second-order valence-corrected chi connectivity index (χ2v) is 6.73. The van der Waals surface area contributed by atoms with Gasteiger partial charge in [0.15, 0.2) is 0 Å². The summed E-state index contributed by atoms with van der Waals surface area (Å²) in [7, 11) is 0. The van der Waals surface area contributed by atoms with E-state index in [-0.39, 0.29) is 21.1 Å². The number of hydrogen-bond acceptors (Lipinski definition) is 0. The van der Waals surface area contributed by atoms with Crippen LogP contribution in [0.4, 0.5) is 0 Å². The fraction of sp³-hybridized carbons (Fsp3) is 0.400. The second kappa shape index (κ2) is 5.64. The molecule has 0 N–H and O–H groups in total. The molecule has 0 spiro atoms. The molecule has 0 heterocycles. The standard InChI is InChI=1S/C6H5.C4H9.Sn/c1-2-4-6-5-3-1;1-3-4-2;/h1-5H;1,3-4H2,2H3;/q;;+2. The number of unbranched alkanes of at least 4 members (excludes halogenated alkanes) is 1. The topological polar surface area (TPSA) is 0 Å². The van der Waals surface area contributed by atoms with Crippen LogP contribution < -0.4 is 3.58 Å². The van der Waals surface area contributed by atoms with E-state index in [0.717, 1.165) is 0 Å². The van der Waals surface area contributed by atoms with E-state index in [1.165, 1.54) is 17.3 Å². The molecule has 56 valence electrons. The Morgan fingerprint density at radius 2 is 1.91 bits per heavy atom. The Labute approximate surface area is 79.2 Å². The maximum atomic E-state index is 2.28. The van der Waals surface area contributed by atoms with Crippen LogP contribution in [0.2, 0.25) is 4.44 Å². The molecule has 0 amide bonds. The van der Waals surface area contributed by atoms with Crippen molar-refractivity contribution in [1.29, 1.82) is 0 Å². The molecular weight excluding hydrogens is 239 g/mol. The SMILES string of the molecule is CCC[CH2][Sn+2][c]1ccccc1. The molecule has 0 nitrogen and oxygen atoms in total. The molecule has 0 fully saturated rings. The van der Waals surface area contributed by atoms with Gasteiger partial charge >= 0.3 is 79.3 Å². The van der Waals surface area contributed by atoms with Crippen molar-refractivity contribution in [3.05, 3.63) is 30.3 Å². The molecular formula is C10H14Sn+2. The van der Waals surface area contributed by atoms with E-state index in [2.05, 4.69) is 37.3 Å². The molecule has 0 saturated carbocycles. The fourth-order valence-corrected chi connectivity index (χ4v) is 4.53. The summed E-state index contributed by atoms with van der Waals surface area (Å²) in [6, 6.07) is 11.0. The third-order valence-corrected chi connectivity index (χ3v) is 5.47. The van der Waals surface area contributed by atoms with Crippen molar-refractivity contribution < 1.29 is 0 Å². The van der Waals surface area contributed by atoms with Gasteiger partial charge in [-0.1, -0.05) is 0 Å². The van der Waals surface area contributed by atoms with Crippen molar-refractivity contribution in [3.63, 3.8) is 0 Å². The molecule has 0 atom stereocenters.